The zero-order chi connectivity index (χ0) is 23.1. The molecule has 1 aliphatic heterocycles. The Morgan fingerprint density at radius 2 is 1.55 bits per heavy atom. The molecule has 2 heterocycles. The molecule has 1 amide bonds. The highest BCUT2D eigenvalue weighted by Gasteiger charge is 2.53. The number of fused-ring (bicyclic) bond motifs is 2. The molecule has 166 valence electrons. The number of pyridine rings is 1. The number of carbonyl (C=O) groups is 3. The van der Waals surface area contributed by atoms with Gasteiger partial charge in [-0.25, -0.2) is 9.78 Å². The van der Waals surface area contributed by atoms with Crippen LogP contribution in [0.1, 0.15) is 57.7 Å². The zero-order valence-electron chi connectivity index (χ0n) is 17.8. The molecule has 2 aromatic carbocycles. The first kappa shape index (κ1) is 21.0. The Bertz CT molecular complexity index is 1230. The number of nitrogens with one attached hydrogen (secondary N) is 1. The van der Waals surface area contributed by atoms with Gasteiger partial charge < -0.3 is 15.2 Å². The molecule has 0 saturated heterocycles. The van der Waals surface area contributed by atoms with Crippen molar-refractivity contribution in [1.29, 1.82) is 0 Å². The molecule has 7 heteroatoms. The molecule has 1 spiro atoms. The highest BCUT2D eigenvalue weighted by atomic mass is 16.6. The Hall–Kier alpha value is -3.84. The first-order chi connectivity index (χ1) is 15.9. The second kappa shape index (κ2) is 7.94. The molecule has 3 aromatic rings. The predicted molar refractivity (Wildman–Crippen MR) is 120 cm³/mol. The fourth-order valence-electron chi connectivity index (χ4n) is 4.59. The number of aromatic nitrogens is 1. The molecule has 1 fully saturated rings. The summed E-state index contributed by atoms with van der Waals surface area (Å²) in [4.78, 5) is 41.7. The molecule has 33 heavy (non-hydrogen) atoms. The lowest BCUT2D eigenvalue weighted by Gasteiger charge is -2.40. The number of benzene rings is 2. The molecule has 0 unspecified atom stereocenters. The number of esters is 1. The monoisotopic (exact) mass is 442 g/mol. The summed E-state index contributed by atoms with van der Waals surface area (Å²) >= 11 is 0. The number of ether oxygens (including phenoxy) is 1. The van der Waals surface area contributed by atoms with E-state index in [-0.39, 0.29) is 18.6 Å². The molecule has 7 nitrogen and oxygen atoms in total. The van der Waals surface area contributed by atoms with Crippen molar-refractivity contribution in [3.63, 3.8) is 0 Å². The standard InChI is InChI=1S/C26H22N2O5/c29-22(17-5-2-1-3-6-17)18-8-10-19(11-9-18)28-24(31)25(32)12-14-26(15-13-25)20-7-4-16-27-21(20)23(30)33-26/h1-11,16,32H,12-15H2,(H,28,31)/t25-,26-. The van der Waals surface area contributed by atoms with Crippen LogP contribution >= 0.6 is 0 Å². The first-order valence-electron chi connectivity index (χ1n) is 10.8. The topological polar surface area (TPSA) is 106 Å². The Labute approximate surface area is 190 Å². The third kappa shape index (κ3) is 3.70. The van der Waals surface area contributed by atoms with Gasteiger partial charge in [-0.2, -0.15) is 0 Å². The van der Waals surface area contributed by atoms with Crippen molar-refractivity contribution in [1.82, 2.24) is 4.98 Å². The molecule has 5 rings (SSSR count). The van der Waals surface area contributed by atoms with Gasteiger partial charge in [0.15, 0.2) is 11.5 Å². The second-order valence-corrected chi connectivity index (χ2v) is 8.54. The van der Waals surface area contributed by atoms with Gasteiger partial charge in [0, 0.05) is 28.6 Å². The van der Waals surface area contributed by atoms with E-state index in [1.165, 1.54) is 0 Å². The van der Waals surface area contributed by atoms with Gasteiger partial charge in [-0.3, -0.25) is 9.59 Å². The third-order valence-corrected chi connectivity index (χ3v) is 6.53. The number of ketones is 1. The van der Waals surface area contributed by atoms with Gasteiger partial charge in [-0.1, -0.05) is 36.4 Å². The number of amides is 1. The number of hydrogen-bond acceptors (Lipinski definition) is 6. The van der Waals surface area contributed by atoms with Crippen LogP contribution in [-0.4, -0.2) is 33.4 Å². The van der Waals surface area contributed by atoms with Crippen LogP contribution in [0.2, 0.25) is 0 Å². The lowest BCUT2D eigenvalue weighted by molar-refractivity contribution is -0.144. The average Bonchev–Trinajstić information content (AvgIpc) is 3.13. The number of hydrogen-bond donors (Lipinski definition) is 2. The van der Waals surface area contributed by atoms with E-state index >= 15 is 0 Å². The summed E-state index contributed by atoms with van der Waals surface area (Å²) < 4.78 is 5.65. The smallest absolute Gasteiger partial charge is 0.358 e. The fourth-order valence-corrected chi connectivity index (χ4v) is 4.59. The summed E-state index contributed by atoms with van der Waals surface area (Å²) in [6.07, 6.45) is 2.48. The molecule has 1 saturated carbocycles. The van der Waals surface area contributed by atoms with Crippen molar-refractivity contribution in [3.8, 4) is 0 Å². The Morgan fingerprint density at radius 1 is 0.879 bits per heavy atom. The maximum absolute atomic E-state index is 12.9. The number of nitrogens with zero attached hydrogens (tertiary/aromatic N) is 1. The number of rotatable bonds is 4. The third-order valence-electron chi connectivity index (χ3n) is 6.53. The van der Waals surface area contributed by atoms with Gasteiger partial charge >= 0.3 is 5.97 Å². The molecule has 0 bridgehead atoms. The van der Waals surface area contributed by atoms with E-state index in [0.29, 0.717) is 35.3 Å². The second-order valence-electron chi connectivity index (χ2n) is 8.54. The number of carbonyl (C=O) groups excluding carboxylic acids is 3. The minimum absolute atomic E-state index is 0.106. The first-order valence-corrected chi connectivity index (χ1v) is 10.8. The van der Waals surface area contributed by atoms with E-state index in [2.05, 4.69) is 10.3 Å². The summed E-state index contributed by atoms with van der Waals surface area (Å²) in [6.45, 7) is 0. The van der Waals surface area contributed by atoms with Gasteiger partial charge in [0.2, 0.25) is 0 Å². The van der Waals surface area contributed by atoms with E-state index in [0.717, 1.165) is 5.56 Å². The van der Waals surface area contributed by atoms with Crippen molar-refractivity contribution in [2.75, 3.05) is 5.32 Å². The Morgan fingerprint density at radius 3 is 2.24 bits per heavy atom. The normalized spacial score (nSPS) is 23.6. The minimum Gasteiger partial charge on any atom is -0.449 e. The van der Waals surface area contributed by atoms with E-state index in [1.807, 2.05) is 12.1 Å². The predicted octanol–water partition coefficient (Wildman–Crippen LogP) is 3.62. The highest BCUT2D eigenvalue weighted by molar-refractivity contribution is 6.09. The van der Waals surface area contributed by atoms with E-state index in [4.69, 9.17) is 4.74 Å². The van der Waals surface area contributed by atoms with Crippen LogP contribution in [-0.2, 0) is 15.1 Å². The molecule has 2 aliphatic rings. The van der Waals surface area contributed by atoms with Crippen LogP contribution < -0.4 is 5.32 Å². The molecule has 2 N–H and O–H groups in total. The van der Waals surface area contributed by atoms with Crippen LogP contribution in [0.4, 0.5) is 5.69 Å². The minimum atomic E-state index is -1.58. The van der Waals surface area contributed by atoms with E-state index in [9.17, 15) is 19.5 Å². The largest absolute Gasteiger partial charge is 0.449 e. The van der Waals surface area contributed by atoms with Crippen molar-refractivity contribution in [2.45, 2.75) is 36.9 Å². The molecule has 1 aromatic heterocycles. The Balaban J connectivity index is 1.26. The maximum atomic E-state index is 12.9. The van der Waals surface area contributed by atoms with Crippen molar-refractivity contribution < 1.29 is 24.2 Å². The summed E-state index contributed by atoms with van der Waals surface area (Å²) in [5, 5.41) is 13.8. The van der Waals surface area contributed by atoms with Crippen LogP contribution in [0.15, 0.2) is 72.9 Å². The van der Waals surface area contributed by atoms with Crippen LogP contribution in [0, 0.1) is 0 Å². The molecule has 0 atom stereocenters. The summed E-state index contributed by atoms with van der Waals surface area (Å²) in [5.41, 5.74) is 0.180. The zero-order valence-corrected chi connectivity index (χ0v) is 17.8. The van der Waals surface area contributed by atoms with Gasteiger partial charge in [0.05, 0.1) is 0 Å². The van der Waals surface area contributed by atoms with Gasteiger partial charge in [-0.15, -0.1) is 0 Å². The lowest BCUT2D eigenvalue weighted by Crippen LogP contribution is -2.49. The SMILES string of the molecule is O=C(c1ccccc1)c1ccc(NC(=O)[C@]2(O)CC[C@@]3(CC2)OC(=O)c2ncccc23)cc1. The molecule has 1 aliphatic carbocycles. The van der Waals surface area contributed by atoms with Crippen LogP contribution in [0.25, 0.3) is 0 Å². The average molecular weight is 442 g/mol. The number of anilines is 1. The maximum Gasteiger partial charge on any atom is 0.358 e. The summed E-state index contributed by atoms with van der Waals surface area (Å²) in [7, 11) is 0. The summed E-state index contributed by atoms with van der Waals surface area (Å²) in [5.74, 6) is -1.09. The highest BCUT2D eigenvalue weighted by Crippen LogP contribution is 2.48. The lowest BCUT2D eigenvalue weighted by atomic mass is 9.73. The van der Waals surface area contributed by atoms with Gasteiger partial charge in [0.1, 0.15) is 11.2 Å². The number of aliphatic hydroxyl groups is 1. The van der Waals surface area contributed by atoms with Crippen molar-refractivity contribution in [2.24, 2.45) is 0 Å². The quantitative estimate of drug-likeness (QED) is 0.472. The molecule has 0 radical (unpaired) electrons. The fraction of sp³-hybridized carbons (Fsp3) is 0.231. The Kier molecular flexibility index (Phi) is 5.06. The van der Waals surface area contributed by atoms with E-state index < -0.39 is 23.1 Å². The van der Waals surface area contributed by atoms with Crippen molar-refractivity contribution in [3.05, 3.63) is 95.3 Å². The van der Waals surface area contributed by atoms with Gasteiger partial charge in [0.25, 0.3) is 5.91 Å². The van der Waals surface area contributed by atoms with Gasteiger partial charge in [-0.05, 0) is 56.0 Å². The van der Waals surface area contributed by atoms with Crippen LogP contribution in [0.3, 0.4) is 0 Å². The van der Waals surface area contributed by atoms with Crippen LogP contribution in [0.5, 0.6) is 0 Å². The molecular formula is C26H22N2O5. The van der Waals surface area contributed by atoms with E-state index in [1.54, 1.807) is 60.8 Å². The van der Waals surface area contributed by atoms with Crippen molar-refractivity contribution >= 4 is 23.3 Å². The molecular weight excluding hydrogens is 420 g/mol. The summed E-state index contributed by atoms with van der Waals surface area (Å²) in [6, 6.07) is 19.1.